The molecule has 2 aliphatic rings. The summed E-state index contributed by atoms with van der Waals surface area (Å²) in [4.78, 5) is 32.7. The van der Waals surface area contributed by atoms with E-state index in [1.54, 1.807) is 12.0 Å². The van der Waals surface area contributed by atoms with Crippen molar-refractivity contribution < 1.29 is 23.8 Å². The molecular weight excluding hydrogens is 490 g/mol. The molecule has 9 heteroatoms. The lowest BCUT2D eigenvalue weighted by molar-refractivity contribution is -0.130. The number of methoxy groups -OCH3 is 1. The number of fused-ring (bicyclic) bond motifs is 1. The molecule has 0 aliphatic carbocycles. The van der Waals surface area contributed by atoms with Crippen LogP contribution in [0.25, 0.3) is 0 Å². The zero-order chi connectivity index (χ0) is 25.6. The molecule has 0 saturated carbocycles. The number of amidine groups is 1. The maximum Gasteiger partial charge on any atom is 0.234 e. The fourth-order valence-corrected chi connectivity index (χ4v) is 5.20. The van der Waals surface area contributed by atoms with Crippen LogP contribution in [0, 0.1) is 0 Å². The molecule has 1 atom stereocenters. The number of amides is 2. The maximum atomic E-state index is 13.3. The number of nitrogens with zero attached hydrogens (tertiary/aromatic N) is 2. The average Bonchev–Trinajstić information content (AvgIpc) is 3.39. The number of hydrogen-bond donors (Lipinski definition) is 1. The largest absolute Gasteiger partial charge is 0.497 e. The Bertz CT molecular complexity index is 1300. The van der Waals surface area contributed by atoms with E-state index in [1.807, 2.05) is 72.8 Å². The molecule has 0 bridgehead atoms. The van der Waals surface area contributed by atoms with Crippen molar-refractivity contribution in [2.24, 2.45) is 4.99 Å². The van der Waals surface area contributed by atoms with E-state index >= 15 is 0 Å². The molecule has 0 radical (unpaired) electrons. The summed E-state index contributed by atoms with van der Waals surface area (Å²) < 4.78 is 16.1. The number of hydrogen-bond acceptors (Lipinski definition) is 7. The lowest BCUT2D eigenvalue weighted by atomic mass is 10.1. The monoisotopic (exact) mass is 517 g/mol. The van der Waals surface area contributed by atoms with Crippen LogP contribution in [0.15, 0.2) is 77.8 Å². The van der Waals surface area contributed by atoms with Crippen LogP contribution < -0.4 is 19.5 Å². The molecule has 3 aromatic carbocycles. The van der Waals surface area contributed by atoms with E-state index in [1.165, 1.54) is 11.8 Å². The SMILES string of the molecule is COc1ccc(N=C2S[C@@H](C(=O)NCCc3ccccc3)CC(=O)N2Cc2ccc3c(c2)OCO3)cc1. The van der Waals surface area contributed by atoms with Gasteiger partial charge in [-0.1, -0.05) is 48.2 Å². The summed E-state index contributed by atoms with van der Waals surface area (Å²) >= 11 is 1.30. The number of carbonyl (C=O) groups is 2. The van der Waals surface area contributed by atoms with Gasteiger partial charge in [0.15, 0.2) is 16.7 Å². The highest BCUT2D eigenvalue weighted by Gasteiger charge is 2.36. The molecule has 1 fully saturated rings. The van der Waals surface area contributed by atoms with Crippen molar-refractivity contribution in [3.63, 3.8) is 0 Å². The van der Waals surface area contributed by atoms with Crippen molar-refractivity contribution in [1.29, 1.82) is 0 Å². The van der Waals surface area contributed by atoms with Crippen LogP contribution in [0.3, 0.4) is 0 Å². The van der Waals surface area contributed by atoms with Gasteiger partial charge in [0, 0.05) is 13.0 Å². The highest BCUT2D eigenvalue weighted by molar-refractivity contribution is 8.15. The second-order valence-corrected chi connectivity index (χ2v) is 9.77. The van der Waals surface area contributed by atoms with Gasteiger partial charge in [0.1, 0.15) is 5.75 Å². The summed E-state index contributed by atoms with van der Waals surface area (Å²) in [5.41, 5.74) is 2.69. The topological polar surface area (TPSA) is 89.5 Å². The summed E-state index contributed by atoms with van der Waals surface area (Å²) in [6.45, 7) is 0.988. The van der Waals surface area contributed by atoms with E-state index in [2.05, 4.69) is 5.32 Å². The fraction of sp³-hybridized carbons (Fsp3) is 0.250. The minimum Gasteiger partial charge on any atom is -0.497 e. The number of nitrogens with one attached hydrogen (secondary N) is 1. The molecule has 2 amide bonds. The van der Waals surface area contributed by atoms with Gasteiger partial charge in [-0.2, -0.15) is 0 Å². The molecular formula is C28H27N3O5S. The van der Waals surface area contributed by atoms with Gasteiger partial charge in [0.2, 0.25) is 18.6 Å². The van der Waals surface area contributed by atoms with Crippen molar-refractivity contribution in [1.82, 2.24) is 10.2 Å². The van der Waals surface area contributed by atoms with Crippen molar-refractivity contribution >= 4 is 34.4 Å². The number of benzene rings is 3. The highest BCUT2D eigenvalue weighted by Crippen LogP contribution is 2.35. The van der Waals surface area contributed by atoms with Gasteiger partial charge >= 0.3 is 0 Å². The maximum absolute atomic E-state index is 13.3. The van der Waals surface area contributed by atoms with Crippen LogP contribution in [-0.2, 0) is 22.6 Å². The zero-order valence-corrected chi connectivity index (χ0v) is 21.2. The average molecular weight is 518 g/mol. The number of carbonyl (C=O) groups excluding carboxylic acids is 2. The molecule has 190 valence electrons. The Kier molecular flexibility index (Phi) is 7.60. The Labute approximate surface area is 219 Å². The number of thioether (sulfide) groups is 1. The van der Waals surface area contributed by atoms with Crippen LogP contribution in [0.1, 0.15) is 17.5 Å². The lowest BCUT2D eigenvalue weighted by Gasteiger charge is -2.32. The molecule has 0 unspecified atom stereocenters. The first-order valence-electron chi connectivity index (χ1n) is 12.0. The number of ether oxygens (including phenoxy) is 3. The van der Waals surface area contributed by atoms with Crippen molar-refractivity contribution in [2.45, 2.75) is 24.6 Å². The predicted octanol–water partition coefficient (Wildman–Crippen LogP) is 4.30. The molecule has 0 spiro atoms. The molecule has 0 aromatic heterocycles. The highest BCUT2D eigenvalue weighted by atomic mass is 32.2. The smallest absolute Gasteiger partial charge is 0.234 e. The Balaban J connectivity index is 1.33. The van der Waals surface area contributed by atoms with Crippen LogP contribution in [0.4, 0.5) is 5.69 Å². The molecule has 2 heterocycles. The molecule has 2 aliphatic heterocycles. The minimum atomic E-state index is -0.562. The second-order valence-electron chi connectivity index (χ2n) is 8.60. The third kappa shape index (κ3) is 6.06. The fourth-order valence-electron chi connectivity index (χ4n) is 4.07. The van der Waals surface area contributed by atoms with Gasteiger partial charge in [-0.15, -0.1) is 0 Å². The van der Waals surface area contributed by atoms with E-state index in [9.17, 15) is 9.59 Å². The van der Waals surface area contributed by atoms with Crippen LogP contribution in [0.2, 0.25) is 0 Å². The number of rotatable bonds is 8. The van der Waals surface area contributed by atoms with Gasteiger partial charge in [0.05, 0.1) is 24.6 Å². The molecule has 3 aromatic rings. The first-order chi connectivity index (χ1) is 18.1. The normalized spacial score (nSPS) is 17.6. The zero-order valence-electron chi connectivity index (χ0n) is 20.4. The first kappa shape index (κ1) is 24.7. The van der Waals surface area contributed by atoms with Gasteiger partial charge in [-0.3, -0.25) is 14.5 Å². The Morgan fingerprint density at radius 1 is 1.05 bits per heavy atom. The van der Waals surface area contributed by atoms with E-state index in [0.29, 0.717) is 41.2 Å². The Hall–Kier alpha value is -3.98. The summed E-state index contributed by atoms with van der Waals surface area (Å²) in [7, 11) is 1.60. The van der Waals surface area contributed by atoms with Crippen LogP contribution in [-0.4, -0.2) is 47.6 Å². The molecule has 5 rings (SSSR count). The molecule has 37 heavy (non-hydrogen) atoms. The first-order valence-corrected chi connectivity index (χ1v) is 12.9. The minimum absolute atomic E-state index is 0.0913. The Morgan fingerprint density at radius 3 is 2.62 bits per heavy atom. The molecule has 1 N–H and O–H groups in total. The van der Waals surface area contributed by atoms with E-state index in [0.717, 1.165) is 17.5 Å². The van der Waals surface area contributed by atoms with E-state index < -0.39 is 5.25 Å². The Morgan fingerprint density at radius 2 is 1.84 bits per heavy atom. The van der Waals surface area contributed by atoms with Crippen molar-refractivity contribution in [3.8, 4) is 17.2 Å². The third-order valence-corrected chi connectivity index (χ3v) is 7.25. The number of aliphatic imine (C=N–C) groups is 1. The van der Waals surface area contributed by atoms with Crippen molar-refractivity contribution in [2.75, 3.05) is 20.4 Å². The van der Waals surface area contributed by atoms with E-state index in [4.69, 9.17) is 19.2 Å². The van der Waals surface area contributed by atoms with Gasteiger partial charge in [-0.05, 0) is 53.9 Å². The third-order valence-electron chi connectivity index (χ3n) is 6.06. The van der Waals surface area contributed by atoms with Crippen molar-refractivity contribution in [3.05, 3.63) is 83.9 Å². The summed E-state index contributed by atoms with van der Waals surface area (Å²) in [6, 6.07) is 22.8. The summed E-state index contributed by atoms with van der Waals surface area (Å²) in [6.07, 6.45) is 0.814. The lowest BCUT2D eigenvalue weighted by Crippen LogP contribution is -2.46. The second kappa shape index (κ2) is 11.4. The molecule has 8 nitrogen and oxygen atoms in total. The quantitative estimate of drug-likeness (QED) is 0.479. The van der Waals surface area contributed by atoms with Gasteiger partial charge < -0.3 is 19.5 Å². The van der Waals surface area contributed by atoms with E-state index in [-0.39, 0.29) is 25.0 Å². The predicted molar refractivity (Wildman–Crippen MR) is 142 cm³/mol. The van der Waals surface area contributed by atoms with Gasteiger partial charge in [-0.25, -0.2) is 4.99 Å². The summed E-state index contributed by atoms with van der Waals surface area (Å²) in [5.74, 6) is 1.72. The van der Waals surface area contributed by atoms with Crippen LogP contribution >= 0.6 is 11.8 Å². The van der Waals surface area contributed by atoms with Gasteiger partial charge in [0.25, 0.3) is 0 Å². The van der Waals surface area contributed by atoms with Crippen LogP contribution in [0.5, 0.6) is 17.2 Å². The standard InChI is InChI=1S/C28H27N3O5S/c1-34-22-10-8-21(9-11-22)30-28-31(17-20-7-12-23-24(15-20)36-18-35-23)26(32)16-25(37-28)27(33)29-14-13-19-5-3-2-4-6-19/h2-12,15,25H,13-14,16-18H2,1H3,(H,29,33)/t25-/m1/s1. The molecule has 1 saturated heterocycles. The summed E-state index contributed by atoms with van der Waals surface area (Å²) in [5, 5.41) is 2.89.